The zero-order valence-corrected chi connectivity index (χ0v) is 8.78. The van der Waals surface area contributed by atoms with Crippen LogP contribution in [0.2, 0.25) is 0 Å². The molecular formula is C10H17NO4. The Kier molecular flexibility index (Phi) is 5.10. The van der Waals surface area contributed by atoms with Crippen molar-refractivity contribution in [1.82, 2.24) is 4.90 Å². The van der Waals surface area contributed by atoms with Crippen molar-refractivity contribution < 1.29 is 19.4 Å². The van der Waals surface area contributed by atoms with E-state index in [0.717, 1.165) is 0 Å². The van der Waals surface area contributed by atoms with E-state index in [-0.39, 0.29) is 12.3 Å². The number of ether oxygens (including phenoxy) is 1. The van der Waals surface area contributed by atoms with Gasteiger partial charge < -0.3 is 14.7 Å². The summed E-state index contributed by atoms with van der Waals surface area (Å²) in [6.07, 6.45) is 1.83. The molecule has 1 rings (SSSR count). The highest BCUT2D eigenvalue weighted by molar-refractivity contribution is 5.76. The van der Waals surface area contributed by atoms with Crippen LogP contribution in [-0.4, -0.2) is 48.2 Å². The van der Waals surface area contributed by atoms with Gasteiger partial charge in [-0.15, -0.1) is 0 Å². The highest BCUT2D eigenvalue weighted by atomic mass is 16.5. The quantitative estimate of drug-likeness (QED) is 0.678. The molecule has 0 aromatic heterocycles. The summed E-state index contributed by atoms with van der Waals surface area (Å²) >= 11 is 0. The van der Waals surface area contributed by atoms with Gasteiger partial charge in [-0.05, 0) is 12.8 Å². The molecule has 1 amide bonds. The minimum absolute atomic E-state index is 0.115. The van der Waals surface area contributed by atoms with Crippen molar-refractivity contribution in [1.29, 1.82) is 0 Å². The largest absolute Gasteiger partial charge is 0.481 e. The van der Waals surface area contributed by atoms with E-state index < -0.39 is 5.97 Å². The first kappa shape index (κ1) is 12.0. The monoisotopic (exact) mass is 215 g/mol. The predicted molar refractivity (Wildman–Crippen MR) is 53.5 cm³/mol. The van der Waals surface area contributed by atoms with Crippen molar-refractivity contribution in [2.75, 3.05) is 26.3 Å². The molecule has 0 unspecified atom stereocenters. The molecule has 1 aliphatic rings. The van der Waals surface area contributed by atoms with Crippen LogP contribution in [0.3, 0.4) is 0 Å². The summed E-state index contributed by atoms with van der Waals surface area (Å²) in [6, 6.07) is 0. The summed E-state index contributed by atoms with van der Waals surface area (Å²) in [5.41, 5.74) is 0. The average molecular weight is 215 g/mol. The molecule has 1 saturated heterocycles. The first-order valence-electron chi connectivity index (χ1n) is 5.27. The van der Waals surface area contributed by atoms with Gasteiger partial charge in [0, 0.05) is 25.9 Å². The number of aliphatic carboxylic acids is 1. The first-order valence-corrected chi connectivity index (χ1v) is 5.27. The van der Waals surface area contributed by atoms with Gasteiger partial charge in [-0.1, -0.05) is 0 Å². The molecule has 0 saturated carbocycles. The normalized spacial score (nSPS) is 16.4. The molecule has 5 heteroatoms. The number of hydrogen-bond donors (Lipinski definition) is 1. The third kappa shape index (κ3) is 4.78. The molecule has 86 valence electrons. The SMILES string of the molecule is O=C(O)CCCCC(=O)N1CCOCC1. The summed E-state index contributed by atoms with van der Waals surface area (Å²) in [6.45, 7) is 2.55. The van der Waals surface area contributed by atoms with Crippen molar-refractivity contribution in [3.63, 3.8) is 0 Å². The van der Waals surface area contributed by atoms with Gasteiger partial charge in [0.15, 0.2) is 0 Å². The summed E-state index contributed by atoms with van der Waals surface area (Å²) in [5, 5.41) is 8.42. The van der Waals surface area contributed by atoms with Gasteiger partial charge in [0.25, 0.3) is 0 Å². The molecule has 15 heavy (non-hydrogen) atoms. The van der Waals surface area contributed by atoms with Crippen LogP contribution in [0.15, 0.2) is 0 Å². The Morgan fingerprint density at radius 1 is 1.13 bits per heavy atom. The van der Waals surface area contributed by atoms with Crippen molar-refractivity contribution in [3.8, 4) is 0 Å². The number of carbonyl (C=O) groups is 2. The second-order valence-corrected chi connectivity index (χ2v) is 3.59. The van der Waals surface area contributed by atoms with E-state index in [1.54, 1.807) is 4.90 Å². The maximum atomic E-state index is 11.6. The van der Waals surface area contributed by atoms with Crippen molar-refractivity contribution in [2.24, 2.45) is 0 Å². The Morgan fingerprint density at radius 3 is 2.33 bits per heavy atom. The van der Waals surface area contributed by atoms with Crippen LogP contribution in [0.5, 0.6) is 0 Å². The number of carboxylic acid groups (broad SMARTS) is 1. The topological polar surface area (TPSA) is 66.8 Å². The van der Waals surface area contributed by atoms with Crippen molar-refractivity contribution in [2.45, 2.75) is 25.7 Å². The molecule has 0 atom stereocenters. The van der Waals surface area contributed by atoms with E-state index in [9.17, 15) is 9.59 Å². The first-order chi connectivity index (χ1) is 7.20. The molecule has 5 nitrogen and oxygen atoms in total. The van der Waals surface area contributed by atoms with E-state index in [1.807, 2.05) is 0 Å². The number of amides is 1. The number of rotatable bonds is 5. The van der Waals surface area contributed by atoms with Gasteiger partial charge in [0.2, 0.25) is 5.91 Å². The minimum Gasteiger partial charge on any atom is -0.481 e. The maximum absolute atomic E-state index is 11.6. The molecule has 0 radical (unpaired) electrons. The van der Waals surface area contributed by atoms with E-state index in [0.29, 0.717) is 45.6 Å². The van der Waals surface area contributed by atoms with E-state index in [2.05, 4.69) is 0 Å². The lowest BCUT2D eigenvalue weighted by atomic mass is 10.2. The van der Waals surface area contributed by atoms with Gasteiger partial charge in [-0.3, -0.25) is 9.59 Å². The molecule has 1 heterocycles. The summed E-state index contributed by atoms with van der Waals surface area (Å²) in [4.78, 5) is 23.6. The maximum Gasteiger partial charge on any atom is 0.303 e. The van der Waals surface area contributed by atoms with E-state index in [1.165, 1.54) is 0 Å². The lowest BCUT2D eigenvalue weighted by Crippen LogP contribution is -2.40. The van der Waals surface area contributed by atoms with Crippen molar-refractivity contribution >= 4 is 11.9 Å². The van der Waals surface area contributed by atoms with Gasteiger partial charge in [-0.2, -0.15) is 0 Å². The number of carbonyl (C=O) groups excluding carboxylic acids is 1. The Bertz CT molecular complexity index is 223. The Morgan fingerprint density at radius 2 is 1.73 bits per heavy atom. The third-order valence-electron chi connectivity index (χ3n) is 2.40. The van der Waals surface area contributed by atoms with Crippen LogP contribution in [0.1, 0.15) is 25.7 Å². The Labute approximate surface area is 89.0 Å². The van der Waals surface area contributed by atoms with Gasteiger partial charge in [0.05, 0.1) is 13.2 Å². The Balaban J connectivity index is 2.09. The summed E-state index contributed by atoms with van der Waals surface area (Å²) in [5.74, 6) is -0.683. The number of unbranched alkanes of at least 4 members (excludes halogenated alkanes) is 1. The number of carboxylic acids is 1. The molecule has 1 aliphatic heterocycles. The van der Waals surface area contributed by atoms with Crippen molar-refractivity contribution in [3.05, 3.63) is 0 Å². The molecule has 0 aliphatic carbocycles. The molecule has 0 bridgehead atoms. The highest BCUT2D eigenvalue weighted by Crippen LogP contribution is 2.05. The smallest absolute Gasteiger partial charge is 0.303 e. The fourth-order valence-electron chi connectivity index (χ4n) is 1.52. The molecule has 0 spiro atoms. The number of morpholine rings is 1. The molecular weight excluding hydrogens is 198 g/mol. The average Bonchev–Trinajstić information content (AvgIpc) is 2.25. The van der Waals surface area contributed by atoms with Gasteiger partial charge >= 0.3 is 5.97 Å². The van der Waals surface area contributed by atoms with Crippen LogP contribution in [0.4, 0.5) is 0 Å². The van der Waals surface area contributed by atoms with Gasteiger partial charge in [0.1, 0.15) is 0 Å². The van der Waals surface area contributed by atoms with Crippen LogP contribution in [-0.2, 0) is 14.3 Å². The second kappa shape index (κ2) is 6.40. The lowest BCUT2D eigenvalue weighted by Gasteiger charge is -2.26. The zero-order valence-electron chi connectivity index (χ0n) is 8.78. The highest BCUT2D eigenvalue weighted by Gasteiger charge is 2.15. The second-order valence-electron chi connectivity index (χ2n) is 3.59. The van der Waals surface area contributed by atoms with Crippen LogP contribution >= 0.6 is 0 Å². The summed E-state index contributed by atoms with van der Waals surface area (Å²) in [7, 11) is 0. The van der Waals surface area contributed by atoms with Gasteiger partial charge in [-0.25, -0.2) is 0 Å². The molecule has 1 fully saturated rings. The van der Waals surface area contributed by atoms with Crippen LogP contribution < -0.4 is 0 Å². The fourth-order valence-corrected chi connectivity index (χ4v) is 1.52. The zero-order chi connectivity index (χ0) is 11.1. The van der Waals surface area contributed by atoms with E-state index in [4.69, 9.17) is 9.84 Å². The predicted octanol–water partition coefficient (Wildman–Crippen LogP) is 0.490. The molecule has 0 aromatic carbocycles. The number of hydrogen-bond acceptors (Lipinski definition) is 3. The lowest BCUT2D eigenvalue weighted by molar-refractivity contribution is -0.138. The summed E-state index contributed by atoms with van der Waals surface area (Å²) < 4.78 is 5.14. The van der Waals surface area contributed by atoms with E-state index >= 15 is 0 Å². The number of nitrogens with zero attached hydrogens (tertiary/aromatic N) is 1. The molecule has 1 N–H and O–H groups in total. The fraction of sp³-hybridized carbons (Fsp3) is 0.800. The minimum atomic E-state index is -0.797. The molecule has 0 aromatic rings. The third-order valence-corrected chi connectivity index (χ3v) is 2.40. The van der Waals surface area contributed by atoms with Crippen LogP contribution in [0.25, 0.3) is 0 Å². The Hall–Kier alpha value is -1.10. The standard InChI is InChI=1S/C10H17NO4/c12-9(3-1-2-4-10(13)14)11-5-7-15-8-6-11/h1-8H2,(H,13,14). The van der Waals surface area contributed by atoms with Crippen LogP contribution in [0, 0.1) is 0 Å².